The third-order valence-electron chi connectivity index (χ3n) is 8.54. The van der Waals surface area contributed by atoms with E-state index in [-0.39, 0.29) is 18.1 Å². The second-order valence-electron chi connectivity index (χ2n) is 11.2. The zero-order valence-electron chi connectivity index (χ0n) is 24.6. The van der Waals surface area contributed by atoms with Crippen LogP contribution >= 0.6 is 0 Å². The van der Waals surface area contributed by atoms with Gasteiger partial charge in [-0.2, -0.15) is 0 Å². The number of hydrogen-bond donors (Lipinski definition) is 2. The molecule has 218 valence electrons. The Morgan fingerprint density at radius 3 is 1.92 bits per heavy atom. The molecule has 1 saturated heterocycles. The van der Waals surface area contributed by atoms with E-state index in [0.29, 0.717) is 0 Å². The molecular formula is C34H52O5. The largest absolute Gasteiger partial charge is 0.497 e. The van der Waals surface area contributed by atoms with Crippen molar-refractivity contribution in [3.8, 4) is 11.5 Å². The predicted molar refractivity (Wildman–Crippen MR) is 159 cm³/mol. The zero-order valence-corrected chi connectivity index (χ0v) is 24.6. The molecule has 0 radical (unpaired) electrons. The van der Waals surface area contributed by atoms with Crippen molar-refractivity contribution in [1.29, 1.82) is 0 Å². The minimum atomic E-state index is -0.946. The summed E-state index contributed by atoms with van der Waals surface area (Å²) in [4.78, 5) is 0. The Morgan fingerprint density at radius 1 is 0.821 bits per heavy atom. The number of rotatable bonds is 18. The summed E-state index contributed by atoms with van der Waals surface area (Å²) < 4.78 is 16.4. The molecule has 0 aromatic heterocycles. The predicted octanol–water partition coefficient (Wildman–Crippen LogP) is 7.92. The Labute approximate surface area is 236 Å². The standard InChI is InChI=1S/C34H52O5/c1-4-31(27-17-21-29(37-2)22-18-27)34(36,28-19-23-30(38-3)24-20-28)25-13-10-8-6-5-7-9-11-15-32(35)33-16-12-14-26-39-33/h17-24,31-33,35-36H,4-16,25-26H2,1-3H3. The molecule has 0 bridgehead atoms. The summed E-state index contributed by atoms with van der Waals surface area (Å²) >= 11 is 0. The van der Waals surface area contributed by atoms with Crippen LogP contribution in [0.15, 0.2) is 48.5 Å². The van der Waals surface area contributed by atoms with Gasteiger partial charge >= 0.3 is 0 Å². The summed E-state index contributed by atoms with van der Waals surface area (Å²) in [5.74, 6) is 1.62. The van der Waals surface area contributed by atoms with Crippen molar-refractivity contribution >= 4 is 0 Å². The molecule has 5 nitrogen and oxygen atoms in total. The summed E-state index contributed by atoms with van der Waals surface area (Å²) in [5, 5.41) is 22.6. The molecule has 0 amide bonds. The molecule has 0 aliphatic carbocycles. The number of aliphatic hydroxyl groups is 2. The molecule has 2 aromatic carbocycles. The fourth-order valence-electron chi connectivity index (χ4n) is 6.15. The minimum absolute atomic E-state index is 0.00818. The van der Waals surface area contributed by atoms with Gasteiger partial charge in [-0.1, -0.05) is 82.6 Å². The monoisotopic (exact) mass is 540 g/mol. The highest BCUT2D eigenvalue weighted by Crippen LogP contribution is 2.44. The van der Waals surface area contributed by atoms with Crippen LogP contribution in [0.2, 0.25) is 0 Å². The van der Waals surface area contributed by atoms with Gasteiger partial charge in [0.2, 0.25) is 0 Å². The topological polar surface area (TPSA) is 68.2 Å². The number of unbranched alkanes of at least 4 members (excludes halogenated alkanes) is 7. The first-order chi connectivity index (χ1) is 19.0. The van der Waals surface area contributed by atoms with Crippen molar-refractivity contribution in [2.45, 2.75) is 121 Å². The van der Waals surface area contributed by atoms with Crippen LogP contribution in [0, 0.1) is 0 Å². The highest BCUT2D eigenvalue weighted by Gasteiger charge is 2.38. The maximum Gasteiger partial charge on any atom is 0.118 e. The molecule has 0 spiro atoms. The van der Waals surface area contributed by atoms with Crippen LogP contribution in [0.4, 0.5) is 0 Å². The second-order valence-corrected chi connectivity index (χ2v) is 11.2. The Hall–Kier alpha value is -2.08. The number of hydrogen-bond acceptors (Lipinski definition) is 5. The van der Waals surface area contributed by atoms with Gasteiger partial charge in [0.25, 0.3) is 0 Å². The van der Waals surface area contributed by atoms with E-state index in [1.165, 1.54) is 38.5 Å². The molecule has 2 aromatic rings. The fraction of sp³-hybridized carbons (Fsp3) is 0.647. The van der Waals surface area contributed by atoms with Crippen molar-refractivity contribution in [2.75, 3.05) is 20.8 Å². The second kappa shape index (κ2) is 16.9. The average Bonchev–Trinajstić information content (AvgIpc) is 2.99. The Morgan fingerprint density at radius 2 is 1.38 bits per heavy atom. The van der Waals surface area contributed by atoms with E-state index < -0.39 is 5.60 Å². The first kappa shape index (κ1) is 31.4. The summed E-state index contributed by atoms with van der Waals surface area (Å²) in [6, 6.07) is 16.1. The lowest BCUT2D eigenvalue weighted by Gasteiger charge is -2.37. The first-order valence-corrected chi connectivity index (χ1v) is 15.3. The van der Waals surface area contributed by atoms with Crippen LogP contribution in [0.3, 0.4) is 0 Å². The summed E-state index contributed by atoms with van der Waals surface area (Å²) in [6.07, 6.45) is 14.8. The van der Waals surface area contributed by atoms with E-state index in [4.69, 9.17) is 14.2 Å². The van der Waals surface area contributed by atoms with E-state index in [2.05, 4.69) is 19.1 Å². The quantitative estimate of drug-likeness (QED) is 0.188. The van der Waals surface area contributed by atoms with Gasteiger partial charge < -0.3 is 24.4 Å². The highest BCUT2D eigenvalue weighted by molar-refractivity contribution is 5.37. The van der Waals surface area contributed by atoms with E-state index >= 15 is 0 Å². The number of benzene rings is 2. The summed E-state index contributed by atoms with van der Waals surface area (Å²) in [7, 11) is 3.35. The third kappa shape index (κ3) is 9.51. The van der Waals surface area contributed by atoms with Gasteiger partial charge in [-0.15, -0.1) is 0 Å². The van der Waals surface area contributed by atoms with Crippen molar-refractivity contribution in [3.63, 3.8) is 0 Å². The van der Waals surface area contributed by atoms with Gasteiger partial charge in [0.15, 0.2) is 0 Å². The van der Waals surface area contributed by atoms with Gasteiger partial charge in [-0.3, -0.25) is 0 Å². The molecule has 3 rings (SSSR count). The maximum atomic E-state index is 12.2. The van der Waals surface area contributed by atoms with Crippen molar-refractivity contribution in [2.24, 2.45) is 0 Å². The average molecular weight is 541 g/mol. The molecule has 1 aliphatic rings. The summed E-state index contributed by atoms with van der Waals surface area (Å²) in [5.41, 5.74) is 1.14. The molecule has 1 heterocycles. The molecule has 0 saturated carbocycles. The van der Waals surface area contributed by atoms with Gasteiger partial charge in [-0.05, 0) is 73.9 Å². The van der Waals surface area contributed by atoms with E-state index in [9.17, 15) is 10.2 Å². The molecule has 1 aliphatic heterocycles. The Kier molecular flexibility index (Phi) is 13.6. The lowest BCUT2D eigenvalue weighted by Crippen LogP contribution is -2.33. The molecule has 5 heteroatoms. The number of aliphatic hydroxyl groups excluding tert-OH is 1. The molecule has 2 N–H and O–H groups in total. The van der Waals surface area contributed by atoms with Crippen LogP contribution in [0.25, 0.3) is 0 Å². The van der Waals surface area contributed by atoms with Crippen molar-refractivity contribution in [1.82, 2.24) is 0 Å². The molecule has 4 atom stereocenters. The highest BCUT2D eigenvalue weighted by atomic mass is 16.5. The Balaban J connectivity index is 1.45. The van der Waals surface area contributed by atoms with Gasteiger partial charge in [0.05, 0.1) is 32.0 Å². The molecule has 4 unspecified atom stereocenters. The van der Waals surface area contributed by atoms with Crippen LogP contribution in [0.1, 0.15) is 114 Å². The SMILES string of the molecule is CCC(c1ccc(OC)cc1)C(O)(CCCCCCCCCCC(O)C1CCCCO1)c1ccc(OC)cc1. The van der Waals surface area contributed by atoms with Crippen LogP contribution in [-0.2, 0) is 10.3 Å². The smallest absolute Gasteiger partial charge is 0.118 e. The molecular weight excluding hydrogens is 488 g/mol. The zero-order chi connectivity index (χ0) is 27.9. The normalized spacial score (nSPS) is 18.7. The van der Waals surface area contributed by atoms with E-state index in [1.807, 2.05) is 36.4 Å². The summed E-state index contributed by atoms with van der Waals surface area (Å²) in [6.45, 7) is 2.96. The van der Waals surface area contributed by atoms with Gasteiger partial charge in [0, 0.05) is 12.5 Å². The van der Waals surface area contributed by atoms with Gasteiger partial charge in [-0.25, -0.2) is 0 Å². The van der Waals surface area contributed by atoms with Crippen LogP contribution in [0.5, 0.6) is 11.5 Å². The lowest BCUT2D eigenvalue weighted by atomic mass is 9.73. The van der Waals surface area contributed by atoms with Gasteiger partial charge in [0.1, 0.15) is 11.5 Å². The maximum absolute atomic E-state index is 12.2. The molecule has 39 heavy (non-hydrogen) atoms. The van der Waals surface area contributed by atoms with Crippen molar-refractivity contribution < 1.29 is 24.4 Å². The fourth-order valence-corrected chi connectivity index (χ4v) is 6.15. The van der Waals surface area contributed by atoms with E-state index in [1.54, 1.807) is 14.2 Å². The number of ether oxygens (including phenoxy) is 3. The first-order valence-electron chi connectivity index (χ1n) is 15.3. The van der Waals surface area contributed by atoms with Crippen LogP contribution < -0.4 is 9.47 Å². The number of methoxy groups -OCH3 is 2. The minimum Gasteiger partial charge on any atom is -0.497 e. The Bertz CT molecular complexity index is 906. The third-order valence-corrected chi connectivity index (χ3v) is 8.54. The van der Waals surface area contributed by atoms with Crippen LogP contribution in [-0.4, -0.2) is 43.2 Å². The van der Waals surface area contributed by atoms with Crippen molar-refractivity contribution in [3.05, 3.63) is 59.7 Å². The lowest BCUT2D eigenvalue weighted by molar-refractivity contribution is -0.0648. The van der Waals surface area contributed by atoms with E-state index in [0.717, 1.165) is 80.6 Å². The molecule has 1 fully saturated rings.